The number of ether oxygens (including phenoxy) is 1. The zero-order chi connectivity index (χ0) is 16.6. The van der Waals surface area contributed by atoms with Crippen molar-refractivity contribution in [3.8, 4) is 5.75 Å². The van der Waals surface area contributed by atoms with Gasteiger partial charge in [-0.15, -0.1) is 9.24 Å². The lowest BCUT2D eigenvalue weighted by Crippen LogP contribution is -2.25. The average molecular weight is 335 g/mol. The van der Waals surface area contributed by atoms with E-state index in [4.69, 9.17) is 4.74 Å². The monoisotopic (exact) mass is 335 g/mol. The van der Waals surface area contributed by atoms with Crippen LogP contribution in [0.2, 0.25) is 0 Å². The molecule has 0 aliphatic carbocycles. The number of aromatic nitrogens is 2. The van der Waals surface area contributed by atoms with Crippen LogP contribution in [0.15, 0.2) is 24.4 Å². The van der Waals surface area contributed by atoms with Gasteiger partial charge >= 0.3 is 0 Å². The van der Waals surface area contributed by atoms with Crippen LogP contribution < -0.4 is 14.9 Å². The number of nitrogens with zero attached hydrogens (tertiary/aromatic N) is 3. The van der Waals surface area contributed by atoms with Crippen molar-refractivity contribution in [2.75, 3.05) is 18.6 Å². The molecule has 23 heavy (non-hydrogen) atoms. The second-order valence-corrected chi connectivity index (χ2v) is 6.17. The zero-order valence-corrected chi connectivity index (χ0v) is 14.3. The second kappa shape index (κ2) is 6.28. The first-order valence-electron chi connectivity index (χ1n) is 7.50. The maximum Gasteiger partial charge on any atom is 0.228 e. The molecule has 2 aromatic rings. The van der Waals surface area contributed by atoms with Gasteiger partial charge in [0.1, 0.15) is 11.6 Å². The van der Waals surface area contributed by atoms with Crippen LogP contribution in [0, 0.1) is 5.82 Å². The lowest BCUT2D eigenvalue weighted by Gasteiger charge is -2.16. The number of anilines is 1. The molecule has 7 heteroatoms. The van der Waals surface area contributed by atoms with Crippen LogP contribution >= 0.6 is 9.24 Å². The van der Waals surface area contributed by atoms with Crippen LogP contribution in [0.3, 0.4) is 0 Å². The number of aryl methyl sites for hydroxylation is 1. The largest absolute Gasteiger partial charge is 0.497 e. The zero-order valence-electron chi connectivity index (χ0n) is 13.1. The van der Waals surface area contributed by atoms with E-state index >= 15 is 0 Å². The molecule has 0 saturated carbocycles. The summed E-state index contributed by atoms with van der Waals surface area (Å²) in [6.07, 6.45) is 2.12. The minimum Gasteiger partial charge on any atom is -0.497 e. The molecule has 1 amide bonds. The Morgan fingerprint density at radius 2 is 2.26 bits per heavy atom. The Kier molecular flexibility index (Phi) is 4.35. The van der Waals surface area contributed by atoms with Crippen molar-refractivity contribution in [3.05, 3.63) is 35.8 Å². The van der Waals surface area contributed by atoms with Crippen molar-refractivity contribution >= 4 is 26.3 Å². The number of carbonyl (C=O) groups excluding carboxylic acids is 1. The van der Waals surface area contributed by atoms with E-state index in [2.05, 4.69) is 14.3 Å². The van der Waals surface area contributed by atoms with Crippen molar-refractivity contribution in [1.29, 1.82) is 0 Å². The molecule has 0 spiro atoms. The fourth-order valence-corrected chi connectivity index (χ4v) is 3.49. The van der Waals surface area contributed by atoms with E-state index in [0.29, 0.717) is 23.7 Å². The molecule has 0 N–H and O–H groups in total. The van der Waals surface area contributed by atoms with Crippen LogP contribution in [0.4, 0.5) is 10.2 Å². The van der Waals surface area contributed by atoms with Crippen LogP contribution in [-0.2, 0) is 11.3 Å². The maximum atomic E-state index is 14.4. The molecule has 1 aromatic heterocycles. The number of amides is 1. The molecule has 5 nitrogen and oxygen atoms in total. The van der Waals surface area contributed by atoms with E-state index in [0.717, 1.165) is 11.8 Å². The molecule has 122 valence electrons. The fourth-order valence-electron chi connectivity index (χ4n) is 2.96. The van der Waals surface area contributed by atoms with Gasteiger partial charge in [0.2, 0.25) is 5.91 Å². The molecule has 2 atom stereocenters. The molecule has 1 unspecified atom stereocenters. The Morgan fingerprint density at radius 1 is 1.48 bits per heavy atom. The number of benzene rings is 1. The van der Waals surface area contributed by atoms with Crippen LogP contribution in [0.5, 0.6) is 5.75 Å². The summed E-state index contributed by atoms with van der Waals surface area (Å²) in [6, 6.07) is 4.94. The van der Waals surface area contributed by atoms with E-state index in [1.807, 2.05) is 19.2 Å². The smallest absolute Gasteiger partial charge is 0.228 e. The van der Waals surface area contributed by atoms with Gasteiger partial charge in [0.05, 0.1) is 7.11 Å². The Morgan fingerprint density at radius 3 is 2.87 bits per heavy atom. The highest BCUT2D eigenvalue weighted by atomic mass is 31.0. The van der Waals surface area contributed by atoms with E-state index in [-0.39, 0.29) is 24.1 Å². The molecule has 1 saturated heterocycles. The normalized spacial score (nSPS) is 17.8. The van der Waals surface area contributed by atoms with Gasteiger partial charge in [0, 0.05) is 49.3 Å². The molecule has 1 aliphatic rings. The third-order valence-electron chi connectivity index (χ3n) is 4.13. The van der Waals surface area contributed by atoms with Crippen molar-refractivity contribution in [1.82, 2.24) is 9.78 Å². The summed E-state index contributed by atoms with van der Waals surface area (Å²) in [5.41, 5.74) is 0.557. The summed E-state index contributed by atoms with van der Waals surface area (Å²) in [6.45, 7) is 3.16. The minimum absolute atomic E-state index is 0.0315. The molecule has 2 heterocycles. The topological polar surface area (TPSA) is 47.4 Å². The summed E-state index contributed by atoms with van der Waals surface area (Å²) in [7, 11) is 4.04. The van der Waals surface area contributed by atoms with E-state index in [9.17, 15) is 9.18 Å². The molecule has 1 aliphatic heterocycles. The average Bonchev–Trinajstić information content (AvgIpc) is 3.12. The number of methoxy groups -OCH3 is 1. The first-order valence-corrected chi connectivity index (χ1v) is 8.08. The Hall–Kier alpha value is -1.94. The second-order valence-electron chi connectivity index (χ2n) is 5.55. The Labute approximate surface area is 136 Å². The summed E-state index contributed by atoms with van der Waals surface area (Å²) < 4.78 is 21.3. The first kappa shape index (κ1) is 15.9. The summed E-state index contributed by atoms with van der Waals surface area (Å²) in [5.74, 6) is 0.537. The fraction of sp³-hybridized carbons (Fsp3) is 0.375. The highest BCUT2D eigenvalue weighted by Crippen LogP contribution is 2.33. The van der Waals surface area contributed by atoms with Gasteiger partial charge in [-0.3, -0.25) is 14.4 Å². The summed E-state index contributed by atoms with van der Waals surface area (Å²) >= 11 is 0. The van der Waals surface area contributed by atoms with Crippen molar-refractivity contribution in [2.45, 2.75) is 25.8 Å². The van der Waals surface area contributed by atoms with E-state index < -0.39 is 0 Å². The van der Waals surface area contributed by atoms with Crippen molar-refractivity contribution in [2.24, 2.45) is 0 Å². The van der Waals surface area contributed by atoms with Gasteiger partial charge in [-0.25, -0.2) is 4.39 Å². The van der Waals surface area contributed by atoms with Gasteiger partial charge < -0.3 is 4.74 Å². The third kappa shape index (κ3) is 2.95. The van der Waals surface area contributed by atoms with Crippen LogP contribution in [0.1, 0.15) is 24.8 Å². The van der Waals surface area contributed by atoms with Gasteiger partial charge in [0.15, 0.2) is 5.82 Å². The number of hydrogen-bond acceptors (Lipinski definition) is 3. The third-order valence-corrected chi connectivity index (χ3v) is 4.61. The molecule has 0 bridgehead atoms. The number of carbonyl (C=O) groups is 1. The molecule has 0 radical (unpaired) electrons. The van der Waals surface area contributed by atoms with E-state index in [1.54, 1.807) is 15.6 Å². The summed E-state index contributed by atoms with van der Waals surface area (Å²) in [4.78, 5) is 14.0. The highest BCUT2D eigenvalue weighted by Gasteiger charge is 2.35. The number of rotatable bonds is 4. The Balaban J connectivity index is 1.88. The van der Waals surface area contributed by atoms with Crippen molar-refractivity contribution < 1.29 is 13.9 Å². The molecule has 1 fully saturated rings. The number of hydrogen-bond donors (Lipinski definition) is 0. The number of halogens is 1. The minimum atomic E-state index is -0.340. The van der Waals surface area contributed by atoms with Gasteiger partial charge in [-0.05, 0) is 18.3 Å². The van der Waals surface area contributed by atoms with E-state index in [1.165, 1.54) is 13.2 Å². The maximum absolute atomic E-state index is 14.4. The molecule has 3 rings (SSSR count). The highest BCUT2D eigenvalue weighted by molar-refractivity contribution is 7.27. The lowest BCUT2D eigenvalue weighted by molar-refractivity contribution is -0.117. The molecular weight excluding hydrogens is 316 g/mol. The standard InChI is InChI=1S/C16H19FN3O2P/c1-3-19-5-4-14(18-19)20-9-10(6-15(20)21)16-12(17)7-11(22-2)8-13(16)23/h4-5,7-8,10H,3,6,9,23H2,1-2H3/t10-/m0/s1. The van der Waals surface area contributed by atoms with Gasteiger partial charge in [0.25, 0.3) is 0 Å². The summed E-state index contributed by atoms with van der Waals surface area (Å²) in [5, 5.41) is 5.09. The van der Waals surface area contributed by atoms with Gasteiger partial charge in [-0.2, -0.15) is 5.10 Å². The predicted octanol–water partition coefficient (Wildman–Crippen LogP) is 2.07. The SMILES string of the molecule is CCn1ccc(N2C[C@@H](c3c(F)cc(OC)cc3P)CC2=O)n1. The molecular formula is C16H19FN3O2P. The van der Waals surface area contributed by atoms with Crippen LogP contribution in [-0.4, -0.2) is 29.3 Å². The quantitative estimate of drug-likeness (QED) is 0.804. The lowest BCUT2D eigenvalue weighted by atomic mass is 9.97. The van der Waals surface area contributed by atoms with Crippen molar-refractivity contribution in [3.63, 3.8) is 0 Å². The van der Waals surface area contributed by atoms with Gasteiger partial charge in [-0.1, -0.05) is 0 Å². The Bertz CT molecular complexity index is 724. The first-order chi connectivity index (χ1) is 11.0. The molecule has 1 aromatic carbocycles. The van der Waals surface area contributed by atoms with Crippen LogP contribution in [0.25, 0.3) is 0 Å². The predicted molar refractivity (Wildman–Crippen MR) is 89.9 cm³/mol.